The van der Waals surface area contributed by atoms with E-state index in [0.29, 0.717) is 5.56 Å². The van der Waals surface area contributed by atoms with Crippen LogP contribution in [-0.4, -0.2) is 11.1 Å². The fraction of sp³-hybridized carbons (Fsp3) is 0. The van der Waals surface area contributed by atoms with Crippen molar-refractivity contribution in [1.82, 2.24) is 0 Å². The van der Waals surface area contributed by atoms with Gasteiger partial charge in [0.25, 0.3) is 0 Å². The molecule has 82 valence electrons. The Labute approximate surface area is 95.0 Å². The van der Waals surface area contributed by atoms with Crippen LogP contribution in [0.25, 0.3) is 11.1 Å². The average Bonchev–Trinajstić information content (AvgIpc) is 2.61. The molecule has 0 atom stereocenters. The molecular formula is C11H8FNO2S. The van der Waals surface area contributed by atoms with E-state index in [1.807, 2.05) is 0 Å². The van der Waals surface area contributed by atoms with Crippen LogP contribution in [0.1, 0.15) is 10.4 Å². The zero-order valence-corrected chi connectivity index (χ0v) is 8.92. The van der Waals surface area contributed by atoms with Gasteiger partial charge in [-0.05, 0) is 6.07 Å². The molecule has 2 aromatic rings. The normalized spacial score (nSPS) is 10.3. The Morgan fingerprint density at radius 2 is 2.00 bits per heavy atom. The molecule has 0 aliphatic carbocycles. The predicted octanol–water partition coefficient (Wildman–Crippen LogP) is 2.83. The van der Waals surface area contributed by atoms with Gasteiger partial charge in [0.1, 0.15) is 16.4 Å². The summed E-state index contributed by atoms with van der Waals surface area (Å²) in [5.41, 5.74) is 6.10. The summed E-state index contributed by atoms with van der Waals surface area (Å²) in [4.78, 5) is 11.0. The number of carboxylic acid groups (broad SMARTS) is 1. The van der Waals surface area contributed by atoms with E-state index >= 15 is 0 Å². The summed E-state index contributed by atoms with van der Waals surface area (Å²) in [6.45, 7) is 0. The topological polar surface area (TPSA) is 63.3 Å². The number of anilines is 1. The molecule has 2 rings (SSSR count). The minimum atomic E-state index is -1.14. The van der Waals surface area contributed by atoms with E-state index in [1.165, 1.54) is 12.1 Å². The minimum Gasteiger partial charge on any atom is -0.478 e. The summed E-state index contributed by atoms with van der Waals surface area (Å²) in [7, 11) is 0. The average molecular weight is 237 g/mol. The first kappa shape index (κ1) is 10.6. The highest BCUT2D eigenvalue weighted by atomic mass is 32.1. The highest BCUT2D eigenvalue weighted by Gasteiger charge is 2.19. The maximum atomic E-state index is 13.5. The number of carboxylic acids is 1. The van der Waals surface area contributed by atoms with Crippen LogP contribution in [0.4, 0.5) is 9.39 Å². The molecule has 0 radical (unpaired) electrons. The molecule has 0 unspecified atom stereocenters. The molecule has 16 heavy (non-hydrogen) atoms. The van der Waals surface area contributed by atoms with Crippen LogP contribution < -0.4 is 5.73 Å². The third kappa shape index (κ3) is 1.65. The molecule has 1 aromatic carbocycles. The van der Waals surface area contributed by atoms with Crippen molar-refractivity contribution in [1.29, 1.82) is 0 Å². The van der Waals surface area contributed by atoms with Gasteiger partial charge in [0.15, 0.2) is 0 Å². The molecule has 0 saturated carbocycles. The van der Waals surface area contributed by atoms with Crippen molar-refractivity contribution < 1.29 is 14.3 Å². The van der Waals surface area contributed by atoms with E-state index in [4.69, 9.17) is 10.8 Å². The van der Waals surface area contributed by atoms with Crippen molar-refractivity contribution in [3.8, 4) is 11.1 Å². The molecule has 0 saturated heterocycles. The van der Waals surface area contributed by atoms with Crippen molar-refractivity contribution in [3.05, 3.63) is 41.0 Å². The lowest BCUT2D eigenvalue weighted by molar-refractivity contribution is 0.0699. The first-order valence-corrected chi connectivity index (χ1v) is 5.34. The molecule has 1 aromatic heterocycles. The van der Waals surface area contributed by atoms with E-state index in [-0.39, 0.29) is 16.1 Å². The quantitative estimate of drug-likeness (QED) is 0.844. The van der Waals surface area contributed by atoms with Gasteiger partial charge in [-0.25, -0.2) is 9.18 Å². The van der Waals surface area contributed by atoms with Crippen molar-refractivity contribution >= 4 is 22.3 Å². The van der Waals surface area contributed by atoms with Crippen LogP contribution in [0.15, 0.2) is 29.6 Å². The maximum Gasteiger partial charge on any atom is 0.339 e. The fourth-order valence-corrected chi connectivity index (χ4v) is 2.28. The van der Waals surface area contributed by atoms with Crippen LogP contribution in [0.5, 0.6) is 0 Å². The molecule has 0 amide bonds. The Bertz CT molecular complexity index is 551. The minimum absolute atomic E-state index is 0.0323. The molecule has 1 heterocycles. The number of hydrogen-bond donors (Lipinski definition) is 2. The lowest BCUT2D eigenvalue weighted by atomic mass is 10.0. The maximum absolute atomic E-state index is 13.5. The van der Waals surface area contributed by atoms with Gasteiger partial charge in [-0.1, -0.05) is 18.2 Å². The molecule has 3 N–H and O–H groups in total. The monoisotopic (exact) mass is 237 g/mol. The van der Waals surface area contributed by atoms with Gasteiger partial charge in [0.05, 0.1) is 0 Å². The summed E-state index contributed by atoms with van der Waals surface area (Å²) in [6.07, 6.45) is 0. The zero-order chi connectivity index (χ0) is 11.7. The largest absolute Gasteiger partial charge is 0.478 e. The lowest BCUT2D eigenvalue weighted by Crippen LogP contribution is -2.01. The number of halogens is 1. The molecule has 0 aliphatic rings. The van der Waals surface area contributed by atoms with E-state index in [2.05, 4.69) is 0 Å². The van der Waals surface area contributed by atoms with Crippen LogP contribution >= 0.6 is 11.3 Å². The predicted molar refractivity (Wildman–Crippen MR) is 61.1 cm³/mol. The molecule has 0 bridgehead atoms. The van der Waals surface area contributed by atoms with Gasteiger partial charge in [-0.3, -0.25) is 0 Å². The SMILES string of the molecule is Nc1scc(-c2ccccc2F)c1C(=O)O. The number of thiophene rings is 1. The van der Waals surface area contributed by atoms with Crippen LogP contribution in [0.2, 0.25) is 0 Å². The second-order valence-electron chi connectivity index (χ2n) is 3.17. The molecule has 0 spiro atoms. The highest BCUT2D eigenvalue weighted by Crippen LogP contribution is 2.34. The van der Waals surface area contributed by atoms with Gasteiger partial charge in [0.2, 0.25) is 0 Å². The van der Waals surface area contributed by atoms with E-state index < -0.39 is 11.8 Å². The summed E-state index contributed by atoms with van der Waals surface area (Å²) in [5.74, 6) is -1.60. The summed E-state index contributed by atoms with van der Waals surface area (Å²) in [6, 6.07) is 6.02. The van der Waals surface area contributed by atoms with Crippen LogP contribution in [-0.2, 0) is 0 Å². The molecular weight excluding hydrogens is 229 g/mol. The Hall–Kier alpha value is -1.88. The number of nitrogens with two attached hydrogens (primary N) is 1. The fourth-order valence-electron chi connectivity index (χ4n) is 1.47. The molecule has 3 nitrogen and oxygen atoms in total. The molecule has 0 fully saturated rings. The Morgan fingerprint density at radius 3 is 2.62 bits per heavy atom. The third-order valence-corrected chi connectivity index (χ3v) is 3.01. The van der Waals surface area contributed by atoms with E-state index in [1.54, 1.807) is 17.5 Å². The first-order valence-electron chi connectivity index (χ1n) is 4.46. The summed E-state index contributed by atoms with van der Waals surface area (Å²) >= 11 is 1.09. The molecule has 0 aliphatic heterocycles. The van der Waals surface area contributed by atoms with E-state index in [0.717, 1.165) is 11.3 Å². The van der Waals surface area contributed by atoms with Crippen molar-refractivity contribution in [2.75, 3.05) is 5.73 Å². The number of aromatic carboxylic acids is 1. The van der Waals surface area contributed by atoms with Gasteiger partial charge >= 0.3 is 5.97 Å². The number of carbonyl (C=O) groups is 1. The van der Waals surface area contributed by atoms with Gasteiger partial charge in [-0.15, -0.1) is 11.3 Å². The number of benzene rings is 1. The Balaban J connectivity index is 2.66. The lowest BCUT2D eigenvalue weighted by Gasteiger charge is -2.02. The summed E-state index contributed by atoms with van der Waals surface area (Å²) < 4.78 is 13.5. The number of nitrogen functional groups attached to an aromatic ring is 1. The second-order valence-corrected chi connectivity index (χ2v) is 4.08. The first-order chi connectivity index (χ1) is 7.61. The van der Waals surface area contributed by atoms with Crippen molar-refractivity contribution in [2.24, 2.45) is 0 Å². The van der Waals surface area contributed by atoms with E-state index in [9.17, 15) is 9.18 Å². The van der Waals surface area contributed by atoms with Gasteiger partial charge in [0, 0.05) is 16.5 Å². The van der Waals surface area contributed by atoms with Crippen LogP contribution in [0, 0.1) is 5.82 Å². The smallest absolute Gasteiger partial charge is 0.339 e. The highest BCUT2D eigenvalue weighted by molar-refractivity contribution is 7.14. The summed E-state index contributed by atoms with van der Waals surface area (Å²) in [5, 5.41) is 10.7. The third-order valence-electron chi connectivity index (χ3n) is 2.20. The zero-order valence-electron chi connectivity index (χ0n) is 8.11. The Kier molecular flexibility index (Phi) is 2.62. The van der Waals surface area contributed by atoms with Crippen molar-refractivity contribution in [2.45, 2.75) is 0 Å². The Morgan fingerprint density at radius 1 is 1.31 bits per heavy atom. The van der Waals surface area contributed by atoms with Crippen molar-refractivity contribution in [3.63, 3.8) is 0 Å². The van der Waals surface area contributed by atoms with Gasteiger partial charge in [-0.2, -0.15) is 0 Å². The second kappa shape index (κ2) is 3.94. The standard InChI is InChI=1S/C11H8FNO2S/c12-8-4-2-1-3-6(8)7-5-16-10(13)9(7)11(14)15/h1-5H,13H2,(H,14,15). The molecule has 5 heteroatoms. The van der Waals surface area contributed by atoms with Gasteiger partial charge < -0.3 is 10.8 Å². The number of hydrogen-bond acceptors (Lipinski definition) is 3. The number of rotatable bonds is 2. The van der Waals surface area contributed by atoms with Crippen LogP contribution in [0.3, 0.4) is 0 Å².